The molecule has 0 atom stereocenters. The highest BCUT2D eigenvalue weighted by Gasteiger charge is 2.25. The van der Waals surface area contributed by atoms with E-state index in [-0.39, 0.29) is 6.09 Å². The molecule has 3 rings (SSSR count). The lowest BCUT2D eigenvalue weighted by atomic mass is 10.2. The van der Waals surface area contributed by atoms with Crippen LogP contribution in [-0.4, -0.2) is 29.3 Å². The molecular weight excluding hydrogens is 296 g/mol. The molecular formula is C17H16N2O2S. The number of para-hydroxylation sites is 1. The number of benzene rings is 2. The van der Waals surface area contributed by atoms with Crippen LogP contribution in [0.4, 0.5) is 4.79 Å². The Morgan fingerprint density at radius 3 is 2.50 bits per heavy atom. The van der Waals surface area contributed by atoms with Crippen LogP contribution < -0.4 is 4.74 Å². The van der Waals surface area contributed by atoms with Gasteiger partial charge in [0, 0.05) is 5.75 Å². The molecule has 0 aliphatic carbocycles. The summed E-state index contributed by atoms with van der Waals surface area (Å²) in [6.45, 7) is 1.20. The zero-order valence-corrected chi connectivity index (χ0v) is 12.8. The van der Waals surface area contributed by atoms with Crippen LogP contribution in [0.3, 0.4) is 0 Å². The summed E-state index contributed by atoms with van der Waals surface area (Å²) in [5.74, 6) is 1.33. The lowest BCUT2D eigenvalue weighted by Gasteiger charge is -2.17. The molecule has 1 aliphatic rings. The maximum atomic E-state index is 12.2. The van der Waals surface area contributed by atoms with Gasteiger partial charge in [0.25, 0.3) is 0 Å². The molecule has 5 heteroatoms. The molecule has 1 heterocycles. The average molecular weight is 312 g/mol. The summed E-state index contributed by atoms with van der Waals surface area (Å²) in [4.78, 5) is 18.2. The third-order valence-corrected chi connectivity index (χ3v) is 4.27. The van der Waals surface area contributed by atoms with Crippen molar-refractivity contribution in [1.82, 2.24) is 4.90 Å². The van der Waals surface area contributed by atoms with Crippen LogP contribution in [0.25, 0.3) is 0 Å². The van der Waals surface area contributed by atoms with Gasteiger partial charge in [0.2, 0.25) is 0 Å². The Labute approximate surface area is 133 Å². The van der Waals surface area contributed by atoms with Crippen LogP contribution in [0.15, 0.2) is 65.7 Å². The quantitative estimate of drug-likeness (QED) is 0.866. The fraction of sp³-hybridized carbons (Fsp3) is 0.176. The molecule has 0 unspecified atom stereocenters. The summed E-state index contributed by atoms with van der Waals surface area (Å²) >= 11 is 1.56. The first-order valence-corrected chi connectivity index (χ1v) is 8.07. The van der Waals surface area contributed by atoms with Crippen LogP contribution in [0, 0.1) is 0 Å². The number of rotatable bonds is 3. The van der Waals surface area contributed by atoms with Crippen molar-refractivity contribution in [2.45, 2.75) is 5.75 Å². The minimum atomic E-state index is -0.372. The lowest BCUT2D eigenvalue weighted by molar-refractivity contribution is 0.179. The second kappa shape index (κ2) is 7.13. The first-order chi connectivity index (χ1) is 10.8. The van der Waals surface area contributed by atoms with Crippen LogP contribution in [0.2, 0.25) is 0 Å². The van der Waals surface area contributed by atoms with Gasteiger partial charge in [0.05, 0.1) is 13.1 Å². The number of aliphatic imine (C=N–C) groups is 1. The van der Waals surface area contributed by atoms with Crippen LogP contribution in [-0.2, 0) is 5.75 Å². The Bertz CT molecular complexity index is 659. The fourth-order valence-electron chi connectivity index (χ4n) is 2.09. The zero-order valence-electron chi connectivity index (χ0n) is 12.0. The molecule has 4 nitrogen and oxygen atoms in total. The molecule has 0 radical (unpaired) electrons. The minimum absolute atomic E-state index is 0.372. The van der Waals surface area contributed by atoms with E-state index in [1.54, 1.807) is 28.8 Å². The molecule has 0 N–H and O–H groups in total. The van der Waals surface area contributed by atoms with Gasteiger partial charge >= 0.3 is 6.09 Å². The van der Waals surface area contributed by atoms with Crippen molar-refractivity contribution in [3.63, 3.8) is 0 Å². The molecule has 22 heavy (non-hydrogen) atoms. The van der Waals surface area contributed by atoms with Gasteiger partial charge in [-0.3, -0.25) is 9.89 Å². The molecule has 1 amide bonds. The second-order valence-corrected chi connectivity index (χ2v) is 5.71. The number of hydrogen-bond acceptors (Lipinski definition) is 4. The van der Waals surface area contributed by atoms with Crippen molar-refractivity contribution in [3.05, 3.63) is 66.2 Å². The Kier molecular flexibility index (Phi) is 4.75. The maximum absolute atomic E-state index is 12.2. The summed E-state index contributed by atoms with van der Waals surface area (Å²) in [6, 6.07) is 19.2. The van der Waals surface area contributed by atoms with Crippen molar-refractivity contribution in [2.75, 3.05) is 13.1 Å². The highest BCUT2D eigenvalue weighted by Crippen LogP contribution is 2.21. The van der Waals surface area contributed by atoms with E-state index < -0.39 is 0 Å². The van der Waals surface area contributed by atoms with Gasteiger partial charge in [0.15, 0.2) is 5.17 Å². The first-order valence-electron chi connectivity index (χ1n) is 7.08. The Hall–Kier alpha value is -2.27. The molecule has 0 saturated heterocycles. The van der Waals surface area contributed by atoms with Gasteiger partial charge in [-0.15, -0.1) is 0 Å². The van der Waals surface area contributed by atoms with Crippen molar-refractivity contribution in [2.24, 2.45) is 4.99 Å². The van der Waals surface area contributed by atoms with E-state index in [2.05, 4.69) is 17.1 Å². The van der Waals surface area contributed by atoms with E-state index in [0.717, 1.165) is 10.9 Å². The van der Waals surface area contributed by atoms with E-state index in [0.29, 0.717) is 18.8 Å². The number of ether oxygens (including phenoxy) is 1. The van der Waals surface area contributed by atoms with E-state index in [4.69, 9.17) is 4.74 Å². The van der Waals surface area contributed by atoms with Gasteiger partial charge in [-0.05, 0) is 17.7 Å². The smallest absolute Gasteiger partial charge is 0.410 e. The highest BCUT2D eigenvalue weighted by molar-refractivity contribution is 8.13. The van der Waals surface area contributed by atoms with Gasteiger partial charge in [-0.2, -0.15) is 0 Å². The number of carbonyl (C=O) groups excluding carboxylic acids is 1. The second-order valence-electron chi connectivity index (χ2n) is 4.77. The topological polar surface area (TPSA) is 41.9 Å². The van der Waals surface area contributed by atoms with Crippen molar-refractivity contribution in [3.8, 4) is 5.75 Å². The SMILES string of the molecule is O=C(Oc1ccccc1)N1CCN=C1SCc1ccccc1. The van der Waals surface area contributed by atoms with E-state index >= 15 is 0 Å². The summed E-state index contributed by atoms with van der Waals surface area (Å²) in [7, 11) is 0. The number of amides is 1. The lowest BCUT2D eigenvalue weighted by Crippen LogP contribution is -2.35. The standard InChI is InChI=1S/C17H16N2O2S/c20-17(21-15-9-5-2-6-10-15)19-12-11-18-16(19)22-13-14-7-3-1-4-8-14/h1-10H,11-13H2. The predicted molar refractivity (Wildman–Crippen MR) is 89.2 cm³/mol. The summed E-state index contributed by atoms with van der Waals surface area (Å²) in [5.41, 5.74) is 1.21. The number of hydrogen-bond donors (Lipinski definition) is 0. The number of amidine groups is 1. The van der Waals surface area contributed by atoms with E-state index in [9.17, 15) is 4.79 Å². The molecule has 1 aliphatic heterocycles. The Morgan fingerprint density at radius 2 is 1.77 bits per heavy atom. The zero-order chi connectivity index (χ0) is 15.2. The van der Waals surface area contributed by atoms with Crippen LogP contribution in [0.5, 0.6) is 5.75 Å². The minimum Gasteiger partial charge on any atom is -0.410 e. The molecule has 2 aromatic rings. The van der Waals surface area contributed by atoms with Gasteiger partial charge in [-0.25, -0.2) is 4.79 Å². The average Bonchev–Trinajstić information content (AvgIpc) is 3.03. The van der Waals surface area contributed by atoms with Crippen molar-refractivity contribution < 1.29 is 9.53 Å². The highest BCUT2D eigenvalue weighted by atomic mass is 32.2. The van der Waals surface area contributed by atoms with Crippen LogP contribution in [0.1, 0.15) is 5.56 Å². The summed E-state index contributed by atoms with van der Waals surface area (Å²) in [6.07, 6.45) is -0.372. The third-order valence-electron chi connectivity index (χ3n) is 3.18. The monoisotopic (exact) mass is 312 g/mol. The Morgan fingerprint density at radius 1 is 1.09 bits per heavy atom. The molecule has 0 bridgehead atoms. The molecule has 0 saturated carbocycles. The largest absolute Gasteiger partial charge is 0.421 e. The predicted octanol–water partition coefficient (Wildman–Crippen LogP) is 3.79. The number of thioether (sulfide) groups is 1. The summed E-state index contributed by atoms with van der Waals surface area (Å²) < 4.78 is 5.37. The number of nitrogens with zero attached hydrogens (tertiary/aromatic N) is 2. The van der Waals surface area contributed by atoms with Gasteiger partial charge in [0.1, 0.15) is 5.75 Å². The molecule has 0 fully saturated rings. The van der Waals surface area contributed by atoms with E-state index in [1.807, 2.05) is 36.4 Å². The Balaban J connectivity index is 1.59. The van der Waals surface area contributed by atoms with Crippen molar-refractivity contribution in [1.29, 1.82) is 0 Å². The third kappa shape index (κ3) is 3.68. The number of carbonyl (C=O) groups is 1. The normalized spacial score (nSPS) is 13.8. The molecule has 2 aromatic carbocycles. The van der Waals surface area contributed by atoms with Gasteiger partial charge in [-0.1, -0.05) is 60.3 Å². The molecule has 112 valence electrons. The van der Waals surface area contributed by atoms with E-state index in [1.165, 1.54) is 5.56 Å². The first kappa shape index (κ1) is 14.7. The maximum Gasteiger partial charge on any atom is 0.421 e. The van der Waals surface area contributed by atoms with Crippen LogP contribution >= 0.6 is 11.8 Å². The molecule has 0 aromatic heterocycles. The fourth-order valence-corrected chi connectivity index (χ4v) is 3.08. The molecule has 0 spiro atoms. The van der Waals surface area contributed by atoms with Crippen molar-refractivity contribution >= 4 is 23.0 Å². The summed E-state index contributed by atoms with van der Waals surface area (Å²) in [5, 5.41) is 0.727. The van der Waals surface area contributed by atoms with Gasteiger partial charge < -0.3 is 4.74 Å².